The highest BCUT2D eigenvalue weighted by Gasteiger charge is 2.33. The fourth-order valence-corrected chi connectivity index (χ4v) is 9.44. The van der Waals surface area contributed by atoms with Gasteiger partial charge in [0.25, 0.3) is 6.33 Å². The number of rotatable bonds is 4. The Morgan fingerprint density at radius 2 is 1.10 bits per heavy atom. The van der Waals surface area contributed by atoms with E-state index < -0.39 is 0 Å². The highest BCUT2D eigenvalue weighted by Crippen LogP contribution is 2.45. The second kappa shape index (κ2) is 13.7. The van der Waals surface area contributed by atoms with E-state index in [1.54, 1.807) is 0 Å². The SMILES string of the molecule is CC(C)(C)c1ccnc(-n2c3ccccc3c3ccc(Oc4cccc(-n5c[n+]6c7c(cccc75)-c5ccccc5-c5ccccc5-c5cccc(C(C)(C)C)c5-6)c4)cc32)c1. The molecule has 0 amide bonds. The number of para-hydroxylation sites is 3. The van der Waals surface area contributed by atoms with E-state index in [0.29, 0.717) is 0 Å². The maximum absolute atomic E-state index is 6.80. The first-order valence-electron chi connectivity index (χ1n) is 21.2. The molecule has 61 heavy (non-hydrogen) atoms. The standard InChI is InChI=1S/C56H47N4O/c1-55(2,3)36-30-31-57-52(32-36)60-49-26-12-11-22-44(49)45-29-28-39(34-51(45)60)61-38-17-13-16-37(33-38)58-35-59-53-46(23-14-25-48(53)56(4,5)6)42-20-9-7-18-40(42)41-19-8-10-21-43(41)47-24-15-27-50(58)54(47)59/h7-35H,1-6H3/q+1. The van der Waals surface area contributed by atoms with Crippen molar-refractivity contribution >= 4 is 32.8 Å². The summed E-state index contributed by atoms with van der Waals surface area (Å²) in [6.07, 6.45) is 4.20. The van der Waals surface area contributed by atoms with Crippen LogP contribution in [0.1, 0.15) is 52.7 Å². The van der Waals surface area contributed by atoms with E-state index in [9.17, 15) is 0 Å². The molecule has 5 heteroatoms. The molecule has 0 radical (unpaired) electrons. The van der Waals surface area contributed by atoms with Gasteiger partial charge in [-0.15, -0.1) is 0 Å². The third-order valence-electron chi connectivity index (χ3n) is 12.4. The van der Waals surface area contributed by atoms with Crippen molar-refractivity contribution in [1.82, 2.24) is 14.1 Å². The summed E-state index contributed by atoms with van der Waals surface area (Å²) in [6.45, 7) is 13.7. The lowest BCUT2D eigenvalue weighted by atomic mass is 9.82. The second-order valence-corrected chi connectivity index (χ2v) is 18.4. The fourth-order valence-electron chi connectivity index (χ4n) is 9.44. The molecule has 0 N–H and O–H groups in total. The molecule has 0 aliphatic carbocycles. The summed E-state index contributed by atoms with van der Waals surface area (Å²) in [5, 5.41) is 2.34. The zero-order valence-electron chi connectivity index (χ0n) is 35.4. The van der Waals surface area contributed by atoms with Gasteiger partial charge in [0.05, 0.1) is 11.0 Å². The number of ether oxygens (including phenoxy) is 1. The first-order valence-corrected chi connectivity index (χ1v) is 21.2. The van der Waals surface area contributed by atoms with Gasteiger partial charge in [0.2, 0.25) is 0 Å². The normalized spacial score (nSPS) is 12.4. The van der Waals surface area contributed by atoms with Crippen LogP contribution in [0.15, 0.2) is 176 Å². The van der Waals surface area contributed by atoms with Gasteiger partial charge in [-0.2, -0.15) is 9.13 Å². The number of pyridine rings is 1. The molecule has 0 fully saturated rings. The summed E-state index contributed by atoms with van der Waals surface area (Å²) < 4.78 is 13.8. The molecule has 0 saturated carbocycles. The first kappa shape index (κ1) is 36.8. The highest BCUT2D eigenvalue weighted by atomic mass is 16.5. The van der Waals surface area contributed by atoms with E-state index in [1.807, 2.05) is 12.3 Å². The van der Waals surface area contributed by atoms with Crippen LogP contribution in [-0.4, -0.2) is 14.1 Å². The molecule has 0 unspecified atom stereocenters. The Hall–Kier alpha value is -7.24. The Morgan fingerprint density at radius 1 is 0.492 bits per heavy atom. The largest absolute Gasteiger partial charge is 0.457 e. The Labute approximate surface area is 356 Å². The molecule has 0 spiro atoms. The average molecular weight is 792 g/mol. The Kier molecular flexibility index (Phi) is 8.24. The van der Waals surface area contributed by atoms with Gasteiger partial charge in [-0.1, -0.05) is 139 Å². The highest BCUT2D eigenvalue weighted by molar-refractivity contribution is 6.09. The minimum Gasteiger partial charge on any atom is -0.457 e. The van der Waals surface area contributed by atoms with Crippen molar-refractivity contribution in [3.05, 3.63) is 187 Å². The molecule has 1 aliphatic heterocycles. The molecular weight excluding hydrogens is 745 g/mol. The van der Waals surface area contributed by atoms with Gasteiger partial charge < -0.3 is 4.74 Å². The van der Waals surface area contributed by atoms with E-state index in [-0.39, 0.29) is 10.8 Å². The molecule has 0 bridgehead atoms. The molecule has 5 nitrogen and oxygen atoms in total. The smallest absolute Gasteiger partial charge is 0.255 e. The quantitative estimate of drug-likeness (QED) is 0.166. The lowest BCUT2D eigenvalue weighted by Gasteiger charge is -2.23. The molecular formula is C56H47N4O+. The zero-order valence-corrected chi connectivity index (χ0v) is 35.4. The van der Waals surface area contributed by atoms with Gasteiger partial charge in [-0.3, -0.25) is 4.57 Å². The van der Waals surface area contributed by atoms with Crippen molar-refractivity contribution in [3.63, 3.8) is 0 Å². The average Bonchev–Trinajstić information content (AvgIpc) is 3.82. The van der Waals surface area contributed by atoms with E-state index >= 15 is 0 Å². The van der Waals surface area contributed by atoms with Crippen LogP contribution < -0.4 is 9.30 Å². The van der Waals surface area contributed by atoms with Crippen molar-refractivity contribution in [2.75, 3.05) is 0 Å². The summed E-state index contributed by atoms with van der Waals surface area (Å²) in [7, 11) is 0. The number of hydrogen-bond donors (Lipinski definition) is 0. The van der Waals surface area contributed by atoms with Crippen molar-refractivity contribution in [2.24, 2.45) is 0 Å². The minimum absolute atomic E-state index is 0.00864. The Bertz CT molecular complexity index is 3370. The second-order valence-electron chi connectivity index (χ2n) is 18.4. The molecule has 3 aromatic heterocycles. The van der Waals surface area contributed by atoms with Crippen LogP contribution in [0.3, 0.4) is 0 Å². The van der Waals surface area contributed by atoms with Crippen molar-refractivity contribution in [3.8, 4) is 62.1 Å². The van der Waals surface area contributed by atoms with Crippen molar-refractivity contribution in [2.45, 2.75) is 52.4 Å². The topological polar surface area (TPSA) is 35.9 Å². The van der Waals surface area contributed by atoms with Crippen LogP contribution >= 0.6 is 0 Å². The maximum Gasteiger partial charge on any atom is 0.255 e. The molecule has 4 heterocycles. The van der Waals surface area contributed by atoms with Gasteiger partial charge in [0, 0.05) is 45.8 Å². The summed E-state index contributed by atoms with van der Waals surface area (Å²) in [5.74, 6) is 2.41. The van der Waals surface area contributed by atoms with Crippen LogP contribution in [0.5, 0.6) is 11.5 Å². The summed E-state index contributed by atoms with van der Waals surface area (Å²) >= 11 is 0. The van der Waals surface area contributed by atoms with E-state index in [2.05, 4.69) is 219 Å². The number of nitrogens with zero attached hydrogens (tertiary/aromatic N) is 4. The zero-order chi connectivity index (χ0) is 41.6. The van der Waals surface area contributed by atoms with Crippen LogP contribution in [0.4, 0.5) is 0 Å². The molecule has 10 aromatic rings. The lowest BCUT2D eigenvalue weighted by molar-refractivity contribution is -0.567. The minimum atomic E-state index is -0.121. The predicted octanol–water partition coefficient (Wildman–Crippen LogP) is 14.1. The molecule has 0 atom stereocenters. The summed E-state index contributed by atoms with van der Waals surface area (Å²) in [5.41, 5.74) is 16.3. The third kappa shape index (κ3) is 5.98. The first-order chi connectivity index (χ1) is 29.5. The summed E-state index contributed by atoms with van der Waals surface area (Å²) in [6, 6.07) is 59.0. The van der Waals surface area contributed by atoms with E-state index in [1.165, 1.54) is 55.6 Å². The van der Waals surface area contributed by atoms with Crippen LogP contribution in [-0.2, 0) is 10.8 Å². The number of imidazole rings is 1. The van der Waals surface area contributed by atoms with Crippen LogP contribution in [0.2, 0.25) is 0 Å². The number of hydrogen-bond acceptors (Lipinski definition) is 2. The monoisotopic (exact) mass is 791 g/mol. The Morgan fingerprint density at radius 3 is 1.85 bits per heavy atom. The maximum atomic E-state index is 6.80. The van der Waals surface area contributed by atoms with Crippen molar-refractivity contribution < 1.29 is 9.30 Å². The van der Waals surface area contributed by atoms with Gasteiger partial charge in [-0.25, -0.2) is 4.98 Å². The third-order valence-corrected chi connectivity index (χ3v) is 12.4. The lowest BCUT2D eigenvalue weighted by Crippen LogP contribution is -2.34. The summed E-state index contributed by atoms with van der Waals surface area (Å²) in [4.78, 5) is 4.89. The van der Waals surface area contributed by atoms with Crippen molar-refractivity contribution in [1.29, 1.82) is 0 Å². The molecule has 1 aliphatic rings. The Balaban J connectivity index is 1.08. The predicted molar refractivity (Wildman–Crippen MR) is 251 cm³/mol. The van der Waals surface area contributed by atoms with E-state index in [0.717, 1.165) is 50.5 Å². The van der Waals surface area contributed by atoms with Gasteiger partial charge in [0.15, 0.2) is 11.0 Å². The molecule has 7 aromatic carbocycles. The molecule has 0 saturated heterocycles. The van der Waals surface area contributed by atoms with Crippen LogP contribution in [0.25, 0.3) is 83.4 Å². The van der Waals surface area contributed by atoms with Gasteiger partial charge >= 0.3 is 0 Å². The fraction of sp³-hybridized carbons (Fsp3) is 0.143. The number of benzene rings is 7. The number of fused-ring (bicyclic) bond motifs is 10. The van der Waals surface area contributed by atoms with Gasteiger partial charge in [-0.05, 0) is 93.2 Å². The number of aromatic nitrogens is 4. The molecule has 11 rings (SSSR count). The van der Waals surface area contributed by atoms with E-state index in [4.69, 9.17) is 9.72 Å². The van der Waals surface area contributed by atoms with Gasteiger partial charge in [0.1, 0.15) is 28.7 Å². The van der Waals surface area contributed by atoms with Crippen LogP contribution in [0, 0.1) is 0 Å². The molecule has 296 valence electrons.